The monoisotopic (exact) mass is 423 g/mol. The van der Waals surface area contributed by atoms with Gasteiger partial charge in [-0.1, -0.05) is 23.7 Å². The molecule has 0 aliphatic carbocycles. The van der Waals surface area contributed by atoms with Crippen LogP contribution in [-0.4, -0.2) is 27.8 Å². The number of rotatable bonds is 7. The molecule has 0 aliphatic rings. The number of aromatic nitrogens is 3. The Hall–Kier alpha value is -3.09. The number of ether oxygens (including phenoxy) is 2. The maximum absolute atomic E-state index is 12.7. The van der Waals surface area contributed by atoms with Crippen molar-refractivity contribution in [1.82, 2.24) is 14.1 Å². The molecule has 0 fully saturated rings. The summed E-state index contributed by atoms with van der Waals surface area (Å²) in [5, 5.41) is 0.678. The Bertz CT molecular complexity index is 1230. The summed E-state index contributed by atoms with van der Waals surface area (Å²) in [5.74, 6) is 1.47. The summed E-state index contributed by atoms with van der Waals surface area (Å²) < 4.78 is 14.5. The van der Waals surface area contributed by atoms with Crippen LogP contribution in [0.4, 0.5) is 0 Å². The van der Waals surface area contributed by atoms with E-state index in [1.165, 1.54) is 6.07 Å². The van der Waals surface area contributed by atoms with E-state index in [-0.39, 0.29) is 5.56 Å². The molecule has 30 heavy (non-hydrogen) atoms. The van der Waals surface area contributed by atoms with Crippen molar-refractivity contribution in [3.8, 4) is 11.4 Å². The molecular weight excluding hydrogens is 402 g/mol. The van der Waals surface area contributed by atoms with Crippen molar-refractivity contribution in [3.05, 3.63) is 87.6 Å². The van der Waals surface area contributed by atoms with Crippen LogP contribution >= 0.6 is 11.6 Å². The number of nitrogens with zero attached hydrogens (tertiary/aromatic N) is 3. The number of halogens is 1. The number of fused-ring (bicyclic) bond motifs is 1. The van der Waals surface area contributed by atoms with Gasteiger partial charge in [0.25, 0.3) is 5.56 Å². The summed E-state index contributed by atoms with van der Waals surface area (Å²) in [5.41, 5.74) is 3.45. The third-order valence-electron chi connectivity index (χ3n) is 4.97. The highest BCUT2D eigenvalue weighted by Gasteiger charge is 2.10. The number of hydrogen-bond donors (Lipinski definition) is 0. The van der Waals surface area contributed by atoms with Crippen molar-refractivity contribution < 1.29 is 9.47 Å². The van der Waals surface area contributed by atoms with Crippen LogP contribution in [0.5, 0.6) is 5.75 Å². The lowest BCUT2D eigenvalue weighted by Crippen LogP contribution is -2.16. The molecule has 4 rings (SSSR count). The van der Waals surface area contributed by atoms with Gasteiger partial charge in [-0.05, 0) is 42.0 Å². The van der Waals surface area contributed by atoms with Gasteiger partial charge in [0.2, 0.25) is 0 Å². The van der Waals surface area contributed by atoms with Crippen LogP contribution in [-0.2, 0) is 24.8 Å². The third-order valence-corrected chi connectivity index (χ3v) is 5.23. The minimum Gasteiger partial charge on any atom is -0.489 e. The first-order chi connectivity index (χ1) is 14.5. The van der Waals surface area contributed by atoms with Gasteiger partial charge in [-0.3, -0.25) is 9.36 Å². The summed E-state index contributed by atoms with van der Waals surface area (Å²) in [6.45, 7) is 0.979. The molecule has 0 saturated heterocycles. The Labute approximate surface area is 179 Å². The Morgan fingerprint density at radius 1 is 1.07 bits per heavy atom. The highest BCUT2D eigenvalue weighted by atomic mass is 35.5. The number of benzene rings is 2. The van der Waals surface area contributed by atoms with Gasteiger partial charge >= 0.3 is 0 Å². The Morgan fingerprint density at radius 3 is 2.60 bits per heavy atom. The van der Waals surface area contributed by atoms with Gasteiger partial charge in [0, 0.05) is 37.9 Å². The second-order valence-electron chi connectivity index (χ2n) is 6.99. The number of hydrogen-bond acceptors (Lipinski definition) is 4. The van der Waals surface area contributed by atoms with E-state index < -0.39 is 0 Å². The SMILES string of the molecule is COCCc1nc2ccc(-n3ccc(OCc4ccc(Cl)cc4)cc3=O)cc2n1C. The highest BCUT2D eigenvalue weighted by molar-refractivity contribution is 6.30. The van der Waals surface area contributed by atoms with E-state index in [1.807, 2.05) is 54.1 Å². The van der Waals surface area contributed by atoms with Crippen LogP contribution in [0.25, 0.3) is 16.7 Å². The molecule has 0 amide bonds. The average molecular weight is 424 g/mol. The molecule has 0 bridgehead atoms. The molecule has 0 unspecified atom stereocenters. The van der Waals surface area contributed by atoms with E-state index in [0.29, 0.717) is 24.0 Å². The lowest BCUT2D eigenvalue weighted by Gasteiger charge is -2.10. The molecular formula is C23H22ClN3O3. The Morgan fingerprint density at radius 2 is 1.87 bits per heavy atom. The van der Waals surface area contributed by atoms with Gasteiger partial charge in [-0.2, -0.15) is 0 Å². The quantitative estimate of drug-likeness (QED) is 0.448. The largest absolute Gasteiger partial charge is 0.489 e. The topological polar surface area (TPSA) is 58.3 Å². The van der Waals surface area contributed by atoms with Crippen LogP contribution in [0.2, 0.25) is 5.02 Å². The molecule has 7 heteroatoms. The zero-order valence-electron chi connectivity index (χ0n) is 16.8. The second-order valence-corrected chi connectivity index (χ2v) is 7.43. The molecule has 2 heterocycles. The molecule has 154 valence electrons. The van der Waals surface area contributed by atoms with Gasteiger partial charge in [0.1, 0.15) is 18.2 Å². The van der Waals surface area contributed by atoms with Crippen molar-refractivity contribution in [2.24, 2.45) is 7.05 Å². The second kappa shape index (κ2) is 8.73. The standard InChI is InChI=1S/C23H22ClN3O3/c1-26-21-13-18(7-8-20(21)25-22(26)10-12-29-2)27-11-9-19(14-23(27)28)30-15-16-3-5-17(24)6-4-16/h3-9,11,13-14H,10,12,15H2,1-2H3. The number of pyridine rings is 1. The van der Waals surface area contributed by atoms with Crippen molar-refractivity contribution in [3.63, 3.8) is 0 Å². The summed E-state index contributed by atoms with van der Waals surface area (Å²) in [6, 6.07) is 16.5. The Kier molecular flexibility index (Phi) is 5.88. The number of aryl methyl sites for hydroxylation is 1. The van der Waals surface area contributed by atoms with Gasteiger partial charge < -0.3 is 14.0 Å². The summed E-state index contributed by atoms with van der Waals surface area (Å²) in [7, 11) is 3.65. The van der Waals surface area contributed by atoms with E-state index in [1.54, 1.807) is 23.9 Å². The average Bonchev–Trinajstić information content (AvgIpc) is 3.07. The molecule has 0 spiro atoms. The van der Waals surface area contributed by atoms with Gasteiger partial charge in [0.15, 0.2) is 0 Å². The smallest absolute Gasteiger partial charge is 0.258 e. The fourth-order valence-corrected chi connectivity index (χ4v) is 3.43. The zero-order valence-corrected chi connectivity index (χ0v) is 17.6. The molecule has 0 N–H and O–H groups in total. The number of imidazole rings is 1. The summed E-state index contributed by atoms with van der Waals surface area (Å²) in [6.07, 6.45) is 2.46. The van der Waals surface area contributed by atoms with Crippen LogP contribution in [0.15, 0.2) is 65.6 Å². The number of methoxy groups -OCH3 is 1. The third kappa shape index (κ3) is 4.25. The predicted molar refractivity (Wildman–Crippen MR) is 118 cm³/mol. The van der Waals surface area contributed by atoms with Crippen LogP contribution in [0.1, 0.15) is 11.4 Å². The zero-order chi connectivity index (χ0) is 21.1. The van der Waals surface area contributed by atoms with E-state index in [9.17, 15) is 4.79 Å². The molecule has 0 saturated carbocycles. The molecule has 0 atom stereocenters. The van der Waals surface area contributed by atoms with Crippen molar-refractivity contribution >= 4 is 22.6 Å². The first-order valence-electron chi connectivity index (χ1n) is 9.60. The Balaban J connectivity index is 1.56. The fourth-order valence-electron chi connectivity index (χ4n) is 3.31. The van der Waals surface area contributed by atoms with E-state index in [4.69, 9.17) is 21.1 Å². The molecule has 4 aromatic rings. The molecule has 0 radical (unpaired) electrons. The first-order valence-corrected chi connectivity index (χ1v) is 9.97. The van der Waals surface area contributed by atoms with Crippen molar-refractivity contribution in [2.75, 3.05) is 13.7 Å². The van der Waals surface area contributed by atoms with Crippen LogP contribution in [0.3, 0.4) is 0 Å². The molecule has 6 nitrogen and oxygen atoms in total. The van der Waals surface area contributed by atoms with Crippen LogP contribution < -0.4 is 10.3 Å². The van der Waals surface area contributed by atoms with Crippen molar-refractivity contribution in [1.29, 1.82) is 0 Å². The maximum atomic E-state index is 12.7. The van der Waals surface area contributed by atoms with Gasteiger partial charge in [0.05, 0.1) is 23.3 Å². The van der Waals surface area contributed by atoms with Gasteiger partial charge in [-0.25, -0.2) is 4.98 Å². The lowest BCUT2D eigenvalue weighted by molar-refractivity contribution is 0.200. The van der Waals surface area contributed by atoms with E-state index in [0.717, 1.165) is 34.5 Å². The van der Waals surface area contributed by atoms with E-state index >= 15 is 0 Å². The van der Waals surface area contributed by atoms with E-state index in [2.05, 4.69) is 4.98 Å². The fraction of sp³-hybridized carbons (Fsp3) is 0.217. The highest BCUT2D eigenvalue weighted by Crippen LogP contribution is 2.20. The minimum absolute atomic E-state index is 0.162. The first kappa shape index (κ1) is 20.2. The maximum Gasteiger partial charge on any atom is 0.258 e. The summed E-state index contributed by atoms with van der Waals surface area (Å²) in [4.78, 5) is 17.3. The minimum atomic E-state index is -0.162. The molecule has 0 aliphatic heterocycles. The van der Waals surface area contributed by atoms with Crippen molar-refractivity contribution in [2.45, 2.75) is 13.0 Å². The van der Waals surface area contributed by atoms with Gasteiger partial charge in [-0.15, -0.1) is 0 Å². The predicted octanol–water partition coefficient (Wildman–Crippen LogP) is 4.15. The lowest BCUT2D eigenvalue weighted by atomic mass is 10.2. The molecule has 2 aromatic carbocycles. The molecule has 2 aromatic heterocycles. The van der Waals surface area contributed by atoms with Crippen LogP contribution in [0, 0.1) is 0 Å². The summed E-state index contributed by atoms with van der Waals surface area (Å²) >= 11 is 5.90. The normalized spacial score (nSPS) is 11.2.